The van der Waals surface area contributed by atoms with Gasteiger partial charge in [-0.1, -0.05) is 6.92 Å². The average molecular weight is 300 g/mol. The second kappa shape index (κ2) is 10.8. The molecule has 3 N–H and O–H groups in total. The molecule has 0 aromatic rings. The molecule has 0 fully saturated rings. The van der Waals surface area contributed by atoms with Crippen molar-refractivity contribution in [3.8, 4) is 0 Å². The Balaban J connectivity index is 4.12. The Morgan fingerprint density at radius 3 is 2.48 bits per heavy atom. The van der Waals surface area contributed by atoms with Crippen LogP contribution in [0.2, 0.25) is 0 Å². The number of nitrogens with zero attached hydrogens (tertiary/aromatic N) is 1. The molecule has 0 aromatic carbocycles. The predicted octanol–water partition coefficient (Wildman–Crippen LogP) is -0.454. The maximum atomic E-state index is 11.6. The van der Waals surface area contributed by atoms with Crippen LogP contribution in [0.15, 0.2) is 5.10 Å². The standard InChI is InChI=1S/C13H24N4O4/c1-5-9(2)15-11(18)8-10(3)16-17-13(20)12(19)14-6-7-21-4/h9H,5-8H2,1-4H3,(H,14,19)(H,15,18)(H,17,20)/b16-10+/t9-/m1/s1. The molecule has 21 heavy (non-hydrogen) atoms. The lowest BCUT2D eigenvalue weighted by Gasteiger charge is -2.10. The van der Waals surface area contributed by atoms with Gasteiger partial charge in [-0.25, -0.2) is 5.43 Å². The Bertz CT molecular complexity index is 396. The molecule has 0 unspecified atom stereocenters. The molecule has 0 aliphatic heterocycles. The lowest BCUT2D eigenvalue weighted by molar-refractivity contribution is -0.139. The first-order valence-electron chi connectivity index (χ1n) is 6.80. The van der Waals surface area contributed by atoms with Crippen LogP contribution >= 0.6 is 0 Å². The Kier molecular flexibility index (Phi) is 9.78. The Morgan fingerprint density at radius 1 is 1.24 bits per heavy atom. The lowest BCUT2D eigenvalue weighted by atomic mass is 10.2. The highest BCUT2D eigenvalue weighted by Crippen LogP contribution is 1.91. The smallest absolute Gasteiger partial charge is 0.329 e. The molecule has 0 rings (SSSR count). The van der Waals surface area contributed by atoms with Crippen molar-refractivity contribution in [3.05, 3.63) is 0 Å². The van der Waals surface area contributed by atoms with E-state index in [0.29, 0.717) is 12.3 Å². The van der Waals surface area contributed by atoms with E-state index in [-0.39, 0.29) is 24.9 Å². The fraction of sp³-hybridized carbons (Fsp3) is 0.692. The van der Waals surface area contributed by atoms with Crippen LogP contribution in [0.25, 0.3) is 0 Å². The summed E-state index contributed by atoms with van der Waals surface area (Å²) in [5, 5.41) is 8.85. The number of ether oxygens (including phenoxy) is 1. The molecule has 1 atom stereocenters. The van der Waals surface area contributed by atoms with Gasteiger partial charge in [0.1, 0.15) is 0 Å². The van der Waals surface area contributed by atoms with Gasteiger partial charge in [-0.3, -0.25) is 14.4 Å². The van der Waals surface area contributed by atoms with Crippen molar-refractivity contribution in [1.29, 1.82) is 0 Å². The van der Waals surface area contributed by atoms with Crippen LogP contribution in [0.1, 0.15) is 33.6 Å². The summed E-state index contributed by atoms with van der Waals surface area (Å²) in [6.45, 7) is 6.02. The van der Waals surface area contributed by atoms with Crippen molar-refractivity contribution in [2.75, 3.05) is 20.3 Å². The number of carbonyl (C=O) groups is 3. The van der Waals surface area contributed by atoms with Crippen LogP contribution in [0.4, 0.5) is 0 Å². The number of methoxy groups -OCH3 is 1. The lowest BCUT2D eigenvalue weighted by Crippen LogP contribution is -2.39. The van der Waals surface area contributed by atoms with Gasteiger partial charge in [-0.15, -0.1) is 0 Å². The Labute approximate surface area is 124 Å². The van der Waals surface area contributed by atoms with E-state index in [1.54, 1.807) is 6.92 Å². The second-order valence-electron chi connectivity index (χ2n) is 4.59. The minimum absolute atomic E-state index is 0.0654. The summed E-state index contributed by atoms with van der Waals surface area (Å²) in [6, 6.07) is 0.0893. The summed E-state index contributed by atoms with van der Waals surface area (Å²) in [4.78, 5) is 34.3. The normalized spacial score (nSPS) is 12.5. The van der Waals surface area contributed by atoms with Gasteiger partial charge in [0.25, 0.3) is 0 Å². The van der Waals surface area contributed by atoms with Crippen LogP contribution < -0.4 is 16.1 Å². The Morgan fingerprint density at radius 2 is 1.90 bits per heavy atom. The van der Waals surface area contributed by atoms with Gasteiger partial charge in [0.2, 0.25) is 5.91 Å². The number of hydrazone groups is 1. The number of hydrogen-bond acceptors (Lipinski definition) is 5. The van der Waals surface area contributed by atoms with Gasteiger partial charge in [-0.05, 0) is 20.3 Å². The first-order valence-corrected chi connectivity index (χ1v) is 6.80. The molecule has 0 saturated carbocycles. The van der Waals surface area contributed by atoms with Crippen molar-refractivity contribution >= 4 is 23.4 Å². The van der Waals surface area contributed by atoms with E-state index in [4.69, 9.17) is 4.74 Å². The zero-order chi connectivity index (χ0) is 16.3. The molecule has 0 spiro atoms. The maximum Gasteiger partial charge on any atom is 0.329 e. The third-order valence-electron chi connectivity index (χ3n) is 2.58. The summed E-state index contributed by atoms with van der Waals surface area (Å²) in [5.41, 5.74) is 2.51. The molecular formula is C13H24N4O4. The molecule has 0 aliphatic rings. The fourth-order valence-electron chi connectivity index (χ4n) is 1.24. The summed E-state index contributed by atoms with van der Waals surface area (Å²) < 4.78 is 4.74. The van der Waals surface area contributed by atoms with Gasteiger partial charge in [0, 0.05) is 25.4 Å². The van der Waals surface area contributed by atoms with E-state index >= 15 is 0 Å². The third-order valence-corrected chi connectivity index (χ3v) is 2.58. The molecule has 0 bridgehead atoms. The Hall–Kier alpha value is -1.96. The van der Waals surface area contributed by atoms with Crippen molar-refractivity contribution in [3.63, 3.8) is 0 Å². The molecule has 0 aliphatic carbocycles. The minimum atomic E-state index is -0.882. The highest BCUT2D eigenvalue weighted by Gasteiger charge is 2.12. The third kappa shape index (κ3) is 9.55. The molecule has 120 valence electrons. The molecular weight excluding hydrogens is 276 g/mol. The van der Waals surface area contributed by atoms with E-state index in [9.17, 15) is 14.4 Å². The molecule has 8 nitrogen and oxygen atoms in total. The molecule has 3 amide bonds. The summed E-state index contributed by atoms with van der Waals surface area (Å²) in [6.07, 6.45) is 0.899. The van der Waals surface area contributed by atoms with Gasteiger partial charge >= 0.3 is 11.8 Å². The van der Waals surface area contributed by atoms with Crippen molar-refractivity contribution < 1.29 is 19.1 Å². The van der Waals surface area contributed by atoms with Crippen LogP contribution in [0.5, 0.6) is 0 Å². The fourth-order valence-corrected chi connectivity index (χ4v) is 1.24. The van der Waals surface area contributed by atoms with E-state index < -0.39 is 11.8 Å². The number of rotatable bonds is 8. The highest BCUT2D eigenvalue weighted by molar-refractivity contribution is 6.35. The number of amides is 3. The first kappa shape index (κ1) is 19.0. The summed E-state index contributed by atoms with van der Waals surface area (Å²) in [7, 11) is 1.49. The van der Waals surface area contributed by atoms with E-state index in [2.05, 4.69) is 21.2 Å². The van der Waals surface area contributed by atoms with Crippen LogP contribution in [0, 0.1) is 0 Å². The monoisotopic (exact) mass is 300 g/mol. The van der Waals surface area contributed by atoms with Crippen molar-refractivity contribution in [1.82, 2.24) is 16.1 Å². The summed E-state index contributed by atoms with van der Waals surface area (Å²) in [5.74, 6) is -1.86. The van der Waals surface area contributed by atoms with Gasteiger partial charge < -0.3 is 15.4 Å². The zero-order valence-electron chi connectivity index (χ0n) is 13.0. The van der Waals surface area contributed by atoms with Gasteiger partial charge in [0.05, 0.1) is 13.0 Å². The quantitative estimate of drug-likeness (QED) is 0.244. The van der Waals surface area contributed by atoms with Crippen molar-refractivity contribution in [2.45, 2.75) is 39.7 Å². The van der Waals surface area contributed by atoms with Crippen LogP contribution in [-0.4, -0.2) is 49.7 Å². The number of carbonyl (C=O) groups excluding carboxylic acids is 3. The molecule has 0 heterocycles. The first-order chi connectivity index (χ1) is 9.90. The predicted molar refractivity (Wildman–Crippen MR) is 78.7 cm³/mol. The van der Waals surface area contributed by atoms with Gasteiger partial charge in [0.15, 0.2) is 0 Å². The van der Waals surface area contributed by atoms with Gasteiger partial charge in [-0.2, -0.15) is 5.10 Å². The topological polar surface area (TPSA) is 109 Å². The number of nitrogens with one attached hydrogen (secondary N) is 3. The second-order valence-corrected chi connectivity index (χ2v) is 4.59. The van der Waals surface area contributed by atoms with E-state index in [0.717, 1.165) is 6.42 Å². The average Bonchev–Trinajstić information content (AvgIpc) is 2.44. The van der Waals surface area contributed by atoms with Crippen LogP contribution in [-0.2, 0) is 19.1 Å². The van der Waals surface area contributed by atoms with Crippen molar-refractivity contribution in [2.24, 2.45) is 5.10 Å². The van der Waals surface area contributed by atoms with E-state index in [1.807, 2.05) is 13.8 Å². The maximum absolute atomic E-state index is 11.6. The van der Waals surface area contributed by atoms with E-state index in [1.165, 1.54) is 7.11 Å². The zero-order valence-corrected chi connectivity index (χ0v) is 13.0. The molecule has 0 radical (unpaired) electrons. The number of hydrogen-bond donors (Lipinski definition) is 3. The summed E-state index contributed by atoms with van der Waals surface area (Å²) >= 11 is 0. The SMILES string of the molecule is CC[C@@H](C)NC(=O)C/C(C)=N/NC(=O)C(=O)NCCOC. The largest absolute Gasteiger partial charge is 0.383 e. The van der Waals surface area contributed by atoms with Crippen LogP contribution in [0.3, 0.4) is 0 Å². The minimum Gasteiger partial charge on any atom is -0.383 e. The molecule has 0 saturated heterocycles. The molecule has 0 aromatic heterocycles. The molecule has 8 heteroatoms. The highest BCUT2D eigenvalue weighted by atomic mass is 16.5.